The largest absolute Gasteiger partial charge is 0.497 e. The fraction of sp³-hybridized carbons (Fsp3) is 0.296. The summed E-state index contributed by atoms with van der Waals surface area (Å²) in [6.07, 6.45) is 2.10. The average Bonchev–Trinajstić information content (AvgIpc) is 3.45. The molecular formula is C27H29ClN2O6S. The minimum atomic E-state index is -3.58. The Kier molecular flexibility index (Phi) is 8.58. The molecule has 196 valence electrons. The maximum atomic E-state index is 13.0. The van der Waals surface area contributed by atoms with E-state index in [0.717, 1.165) is 12.8 Å². The van der Waals surface area contributed by atoms with E-state index in [1.165, 1.54) is 11.4 Å². The Bertz CT molecular complexity index is 1360. The van der Waals surface area contributed by atoms with Crippen molar-refractivity contribution in [1.29, 1.82) is 0 Å². The number of nitrogens with zero attached hydrogens (tertiary/aromatic N) is 1. The fourth-order valence-corrected chi connectivity index (χ4v) is 5.85. The lowest BCUT2D eigenvalue weighted by molar-refractivity contribution is -0.116. The number of nitrogens with one attached hydrogen (secondary N) is 1. The zero-order chi connectivity index (χ0) is 26.4. The van der Waals surface area contributed by atoms with Crippen LogP contribution in [0.25, 0.3) is 0 Å². The zero-order valence-electron chi connectivity index (χ0n) is 20.7. The van der Waals surface area contributed by atoms with Gasteiger partial charge in [-0.1, -0.05) is 11.6 Å². The number of hydrogen-bond donors (Lipinski definition) is 1. The Morgan fingerprint density at radius 1 is 0.919 bits per heavy atom. The number of ether oxygens (including phenoxy) is 3. The van der Waals surface area contributed by atoms with E-state index in [0.29, 0.717) is 52.4 Å². The first-order valence-electron chi connectivity index (χ1n) is 11.9. The number of methoxy groups -OCH3 is 2. The Labute approximate surface area is 222 Å². The normalized spacial score (nSPS) is 13.8. The highest BCUT2D eigenvalue weighted by molar-refractivity contribution is 7.89. The van der Waals surface area contributed by atoms with Crippen LogP contribution in [0.15, 0.2) is 65.6 Å². The maximum Gasteiger partial charge on any atom is 0.243 e. The number of anilines is 1. The van der Waals surface area contributed by atoms with E-state index in [1.54, 1.807) is 67.8 Å². The van der Waals surface area contributed by atoms with Crippen LogP contribution in [0.4, 0.5) is 5.69 Å². The van der Waals surface area contributed by atoms with Crippen LogP contribution in [-0.2, 0) is 21.2 Å². The number of hydrogen-bond acceptors (Lipinski definition) is 6. The second-order valence-corrected chi connectivity index (χ2v) is 10.9. The summed E-state index contributed by atoms with van der Waals surface area (Å²) in [7, 11) is -0.479. The van der Waals surface area contributed by atoms with Crippen LogP contribution >= 0.6 is 11.6 Å². The van der Waals surface area contributed by atoms with Crippen LogP contribution < -0.4 is 19.5 Å². The molecule has 10 heteroatoms. The molecule has 1 aliphatic heterocycles. The van der Waals surface area contributed by atoms with Crippen LogP contribution in [0, 0.1) is 0 Å². The van der Waals surface area contributed by atoms with Crippen molar-refractivity contribution in [2.24, 2.45) is 0 Å². The van der Waals surface area contributed by atoms with Crippen molar-refractivity contribution in [2.75, 3.05) is 32.6 Å². The van der Waals surface area contributed by atoms with Crippen molar-refractivity contribution in [2.45, 2.75) is 30.6 Å². The van der Waals surface area contributed by atoms with Crippen LogP contribution in [0.2, 0.25) is 5.02 Å². The molecule has 1 aliphatic rings. The van der Waals surface area contributed by atoms with Gasteiger partial charge in [0.05, 0.1) is 24.8 Å². The first-order chi connectivity index (χ1) is 17.8. The third kappa shape index (κ3) is 6.54. The predicted octanol–water partition coefficient (Wildman–Crippen LogP) is 5.51. The van der Waals surface area contributed by atoms with Crippen LogP contribution in [-0.4, -0.2) is 45.9 Å². The number of aryl methyl sites for hydroxylation is 1. The molecule has 3 aromatic carbocycles. The zero-order valence-corrected chi connectivity index (χ0v) is 22.3. The molecule has 0 atom stereocenters. The van der Waals surface area contributed by atoms with Crippen molar-refractivity contribution in [3.63, 3.8) is 0 Å². The molecule has 0 aromatic heterocycles. The summed E-state index contributed by atoms with van der Waals surface area (Å²) in [5, 5.41) is 3.29. The Morgan fingerprint density at radius 2 is 1.59 bits per heavy atom. The SMILES string of the molecule is COc1ccc(Oc2ccc(Cl)cc2NC(=O)CCc2cc(S(=O)(=O)N3CCCC3)ccc2OC)cc1. The third-order valence-electron chi connectivity index (χ3n) is 6.08. The lowest BCUT2D eigenvalue weighted by Crippen LogP contribution is -2.28. The summed E-state index contributed by atoms with van der Waals surface area (Å²) in [5.74, 6) is 1.94. The molecule has 1 saturated heterocycles. The monoisotopic (exact) mass is 544 g/mol. The summed E-state index contributed by atoms with van der Waals surface area (Å²) < 4.78 is 44.0. The number of amides is 1. The van der Waals surface area contributed by atoms with Gasteiger partial charge in [-0.05, 0) is 85.5 Å². The summed E-state index contributed by atoms with van der Waals surface area (Å²) in [4.78, 5) is 13.1. The summed E-state index contributed by atoms with van der Waals surface area (Å²) in [6, 6.07) is 16.8. The highest BCUT2D eigenvalue weighted by Crippen LogP contribution is 2.33. The van der Waals surface area contributed by atoms with E-state index in [1.807, 2.05) is 0 Å². The van der Waals surface area contributed by atoms with Gasteiger partial charge in [0.1, 0.15) is 17.2 Å². The summed E-state index contributed by atoms with van der Waals surface area (Å²) in [6.45, 7) is 1.04. The molecule has 1 N–H and O–H groups in total. The number of halogens is 1. The van der Waals surface area contributed by atoms with Gasteiger partial charge >= 0.3 is 0 Å². The molecule has 1 amide bonds. The molecular weight excluding hydrogens is 516 g/mol. The molecule has 0 radical (unpaired) electrons. The Morgan fingerprint density at radius 3 is 2.27 bits per heavy atom. The van der Waals surface area contributed by atoms with E-state index in [-0.39, 0.29) is 23.6 Å². The van der Waals surface area contributed by atoms with Crippen LogP contribution in [0.1, 0.15) is 24.8 Å². The van der Waals surface area contributed by atoms with Crippen molar-refractivity contribution in [3.05, 3.63) is 71.2 Å². The number of benzene rings is 3. The van der Waals surface area contributed by atoms with Gasteiger partial charge in [0, 0.05) is 24.5 Å². The summed E-state index contributed by atoms with van der Waals surface area (Å²) >= 11 is 6.17. The smallest absolute Gasteiger partial charge is 0.243 e. The Hall–Kier alpha value is -3.27. The molecule has 3 aromatic rings. The van der Waals surface area contributed by atoms with Crippen molar-refractivity contribution >= 4 is 33.2 Å². The van der Waals surface area contributed by atoms with E-state index in [4.69, 9.17) is 25.8 Å². The molecule has 0 bridgehead atoms. The summed E-state index contributed by atoms with van der Waals surface area (Å²) in [5.41, 5.74) is 1.06. The van der Waals surface area contributed by atoms with Gasteiger partial charge in [-0.3, -0.25) is 4.79 Å². The van der Waals surface area contributed by atoms with Gasteiger partial charge in [-0.2, -0.15) is 4.31 Å². The number of carbonyl (C=O) groups excluding carboxylic acids is 1. The minimum Gasteiger partial charge on any atom is -0.497 e. The van der Waals surface area contributed by atoms with Gasteiger partial charge in [-0.15, -0.1) is 0 Å². The average molecular weight is 545 g/mol. The van der Waals surface area contributed by atoms with Crippen molar-refractivity contribution < 1.29 is 27.4 Å². The maximum absolute atomic E-state index is 13.0. The van der Waals surface area contributed by atoms with Crippen molar-refractivity contribution in [1.82, 2.24) is 4.31 Å². The van der Waals surface area contributed by atoms with E-state index in [9.17, 15) is 13.2 Å². The number of rotatable bonds is 10. The Balaban J connectivity index is 1.47. The first-order valence-corrected chi connectivity index (χ1v) is 13.7. The third-order valence-corrected chi connectivity index (χ3v) is 8.21. The van der Waals surface area contributed by atoms with Gasteiger partial charge in [0.15, 0.2) is 5.75 Å². The standard InChI is InChI=1S/C27H29ClN2O6S/c1-34-21-7-9-22(10-8-21)36-26-12-6-20(28)18-24(26)29-27(31)14-5-19-17-23(11-13-25(19)35-2)37(32,33)30-15-3-4-16-30/h6-13,17-18H,3-5,14-16H2,1-2H3,(H,29,31). The fourth-order valence-electron chi connectivity index (χ4n) is 4.11. The number of sulfonamides is 1. The lowest BCUT2D eigenvalue weighted by atomic mass is 10.1. The van der Waals surface area contributed by atoms with E-state index in [2.05, 4.69) is 5.32 Å². The molecule has 37 heavy (non-hydrogen) atoms. The van der Waals surface area contributed by atoms with Gasteiger partial charge in [0.2, 0.25) is 15.9 Å². The second kappa shape index (κ2) is 11.9. The molecule has 8 nitrogen and oxygen atoms in total. The predicted molar refractivity (Wildman–Crippen MR) is 142 cm³/mol. The van der Waals surface area contributed by atoms with Crippen LogP contribution in [0.5, 0.6) is 23.0 Å². The molecule has 1 fully saturated rings. The molecule has 0 saturated carbocycles. The first kappa shape index (κ1) is 26.8. The van der Waals surface area contributed by atoms with Crippen LogP contribution in [0.3, 0.4) is 0 Å². The van der Waals surface area contributed by atoms with Gasteiger partial charge < -0.3 is 19.5 Å². The highest BCUT2D eigenvalue weighted by Gasteiger charge is 2.28. The second-order valence-electron chi connectivity index (χ2n) is 8.55. The molecule has 4 rings (SSSR count). The van der Waals surface area contributed by atoms with Gasteiger partial charge in [0.25, 0.3) is 0 Å². The quantitative estimate of drug-likeness (QED) is 0.362. The van der Waals surface area contributed by atoms with E-state index < -0.39 is 10.0 Å². The molecule has 0 aliphatic carbocycles. The minimum absolute atomic E-state index is 0.0953. The lowest BCUT2D eigenvalue weighted by Gasteiger charge is -2.17. The molecule has 0 spiro atoms. The number of carbonyl (C=O) groups is 1. The molecule has 0 unspecified atom stereocenters. The van der Waals surface area contributed by atoms with Gasteiger partial charge in [-0.25, -0.2) is 8.42 Å². The van der Waals surface area contributed by atoms with E-state index >= 15 is 0 Å². The molecule has 1 heterocycles. The van der Waals surface area contributed by atoms with Crippen molar-refractivity contribution in [3.8, 4) is 23.0 Å². The highest BCUT2D eigenvalue weighted by atomic mass is 35.5. The topological polar surface area (TPSA) is 94.2 Å².